The highest BCUT2D eigenvalue weighted by Gasteiger charge is 2.08. The molecule has 2 aromatic rings. The molecule has 1 heterocycles. The fourth-order valence-corrected chi connectivity index (χ4v) is 2.13. The van der Waals surface area contributed by atoms with E-state index in [-0.39, 0.29) is 6.03 Å². The first kappa shape index (κ1) is 16.7. The number of nitrogens with zero attached hydrogens (tertiary/aromatic N) is 3. The molecule has 0 radical (unpaired) electrons. The Morgan fingerprint density at radius 1 is 1.17 bits per heavy atom. The summed E-state index contributed by atoms with van der Waals surface area (Å²) in [5.41, 5.74) is 4.67. The zero-order chi connectivity index (χ0) is 17.0. The molecular weight excluding hydrogens is 290 g/mol. The highest BCUT2D eigenvalue weighted by Crippen LogP contribution is 2.17. The molecule has 0 aliphatic rings. The third-order valence-corrected chi connectivity index (χ3v) is 3.58. The summed E-state index contributed by atoms with van der Waals surface area (Å²) < 4.78 is 0. The number of benzene rings is 1. The van der Waals surface area contributed by atoms with E-state index in [1.165, 1.54) is 0 Å². The van der Waals surface area contributed by atoms with Crippen LogP contribution in [-0.4, -0.2) is 30.1 Å². The summed E-state index contributed by atoms with van der Waals surface area (Å²) >= 11 is 0. The summed E-state index contributed by atoms with van der Waals surface area (Å²) in [5.74, 6) is 0.636. The Hall–Kier alpha value is -2.63. The molecule has 0 saturated carbocycles. The second-order valence-corrected chi connectivity index (χ2v) is 5.75. The summed E-state index contributed by atoms with van der Waals surface area (Å²) in [6.07, 6.45) is 0. The van der Waals surface area contributed by atoms with Crippen LogP contribution < -0.4 is 15.5 Å². The molecule has 0 spiro atoms. The van der Waals surface area contributed by atoms with Gasteiger partial charge in [-0.1, -0.05) is 12.1 Å². The highest BCUT2D eigenvalue weighted by atomic mass is 16.2. The van der Waals surface area contributed by atoms with Crippen LogP contribution in [0.4, 0.5) is 16.4 Å². The lowest BCUT2D eigenvalue weighted by Gasteiger charge is -2.14. The quantitative estimate of drug-likeness (QED) is 0.910. The largest absolute Gasteiger partial charge is 0.347 e. The van der Waals surface area contributed by atoms with Gasteiger partial charge in [0.1, 0.15) is 0 Å². The van der Waals surface area contributed by atoms with E-state index in [2.05, 4.69) is 20.6 Å². The van der Waals surface area contributed by atoms with Gasteiger partial charge in [-0.25, -0.2) is 14.8 Å². The summed E-state index contributed by atoms with van der Waals surface area (Å²) in [7, 11) is 3.78. The van der Waals surface area contributed by atoms with E-state index in [1.807, 2.05) is 64.0 Å². The fraction of sp³-hybridized carbons (Fsp3) is 0.353. The average molecular weight is 313 g/mol. The Labute approximate surface area is 137 Å². The first-order valence-electron chi connectivity index (χ1n) is 7.50. The van der Waals surface area contributed by atoms with Crippen LogP contribution in [0, 0.1) is 20.8 Å². The van der Waals surface area contributed by atoms with Gasteiger partial charge in [0, 0.05) is 25.5 Å². The lowest BCUT2D eigenvalue weighted by atomic mass is 10.1. The maximum Gasteiger partial charge on any atom is 0.319 e. The maximum atomic E-state index is 12.1. The number of hydrogen-bond donors (Lipinski definition) is 2. The Morgan fingerprint density at radius 2 is 1.91 bits per heavy atom. The van der Waals surface area contributed by atoms with Crippen LogP contribution in [0.25, 0.3) is 0 Å². The Balaban J connectivity index is 2.01. The minimum Gasteiger partial charge on any atom is -0.347 e. The molecule has 2 rings (SSSR count). The van der Waals surface area contributed by atoms with Crippen LogP contribution in [0.2, 0.25) is 0 Å². The first-order chi connectivity index (χ1) is 10.9. The minimum atomic E-state index is -0.249. The Kier molecular flexibility index (Phi) is 5.16. The van der Waals surface area contributed by atoms with Gasteiger partial charge < -0.3 is 15.5 Å². The number of carbonyl (C=O) groups excluding carboxylic acids is 1. The number of hydrogen-bond acceptors (Lipinski definition) is 4. The van der Waals surface area contributed by atoms with Gasteiger partial charge in [0.05, 0.1) is 12.2 Å². The van der Waals surface area contributed by atoms with Crippen molar-refractivity contribution in [3.63, 3.8) is 0 Å². The van der Waals surface area contributed by atoms with Gasteiger partial charge in [0.2, 0.25) is 5.95 Å². The van der Waals surface area contributed by atoms with E-state index in [1.54, 1.807) is 0 Å². The van der Waals surface area contributed by atoms with Crippen molar-refractivity contribution in [2.75, 3.05) is 24.3 Å². The van der Waals surface area contributed by atoms with Crippen molar-refractivity contribution in [2.24, 2.45) is 0 Å². The van der Waals surface area contributed by atoms with Gasteiger partial charge in [-0.05, 0) is 44.0 Å². The van der Waals surface area contributed by atoms with E-state index in [9.17, 15) is 4.79 Å². The van der Waals surface area contributed by atoms with E-state index in [0.717, 1.165) is 28.2 Å². The topological polar surface area (TPSA) is 70.2 Å². The number of nitrogens with one attached hydrogen (secondary N) is 2. The fourth-order valence-electron chi connectivity index (χ4n) is 2.13. The van der Waals surface area contributed by atoms with E-state index in [4.69, 9.17) is 0 Å². The van der Waals surface area contributed by atoms with Crippen molar-refractivity contribution >= 4 is 17.7 Å². The Morgan fingerprint density at radius 3 is 2.61 bits per heavy atom. The molecule has 0 fully saturated rings. The first-order valence-corrected chi connectivity index (χ1v) is 7.50. The smallest absolute Gasteiger partial charge is 0.319 e. The SMILES string of the molecule is Cc1cc(CNC(=O)Nc2cccc(C)c2C)nc(N(C)C)n1. The van der Waals surface area contributed by atoms with Crippen molar-refractivity contribution in [3.8, 4) is 0 Å². The summed E-state index contributed by atoms with van der Waals surface area (Å²) in [6.45, 7) is 6.27. The standard InChI is InChI=1S/C17H23N5O/c1-11-7-6-8-15(13(11)3)21-17(23)18-10-14-9-12(2)19-16(20-14)22(4)5/h6-9H,10H2,1-5H3,(H2,18,21,23). The normalized spacial score (nSPS) is 10.3. The van der Waals surface area contributed by atoms with Crippen molar-refractivity contribution in [3.05, 3.63) is 46.8 Å². The summed E-state index contributed by atoms with van der Waals surface area (Å²) in [6, 6.07) is 7.45. The number of carbonyl (C=O) groups is 1. The predicted molar refractivity (Wildman–Crippen MR) is 92.9 cm³/mol. The van der Waals surface area contributed by atoms with Crippen molar-refractivity contribution in [1.82, 2.24) is 15.3 Å². The molecule has 6 heteroatoms. The molecule has 0 aliphatic heterocycles. The number of aryl methyl sites for hydroxylation is 2. The molecule has 0 aliphatic carbocycles. The monoisotopic (exact) mass is 313 g/mol. The molecule has 0 saturated heterocycles. The summed E-state index contributed by atoms with van der Waals surface area (Å²) in [4.78, 5) is 22.7. The van der Waals surface area contributed by atoms with Gasteiger partial charge in [-0.15, -0.1) is 0 Å². The third-order valence-electron chi connectivity index (χ3n) is 3.58. The van der Waals surface area contributed by atoms with Crippen molar-refractivity contribution < 1.29 is 4.79 Å². The third kappa shape index (κ3) is 4.42. The number of amides is 2. The molecule has 23 heavy (non-hydrogen) atoms. The average Bonchev–Trinajstić information content (AvgIpc) is 2.49. The van der Waals surface area contributed by atoms with Gasteiger partial charge in [-0.2, -0.15) is 0 Å². The number of urea groups is 1. The van der Waals surface area contributed by atoms with Gasteiger partial charge in [-0.3, -0.25) is 0 Å². The maximum absolute atomic E-state index is 12.1. The zero-order valence-electron chi connectivity index (χ0n) is 14.3. The zero-order valence-corrected chi connectivity index (χ0v) is 14.3. The van der Waals surface area contributed by atoms with Crippen LogP contribution in [0.15, 0.2) is 24.3 Å². The second kappa shape index (κ2) is 7.09. The molecule has 122 valence electrons. The second-order valence-electron chi connectivity index (χ2n) is 5.75. The molecule has 1 aromatic carbocycles. The Bertz CT molecular complexity index is 712. The van der Waals surface area contributed by atoms with E-state index in [0.29, 0.717) is 12.5 Å². The lowest BCUT2D eigenvalue weighted by Crippen LogP contribution is -2.29. The van der Waals surface area contributed by atoms with E-state index >= 15 is 0 Å². The number of aromatic nitrogens is 2. The summed E-state index contributed by atoms with van der Waals surface area (Å²) in [5, 5.41) is 5.70. The molecule has 2 amide bonds. The van der Waals surface area contributed by atoms with Crippen LogP contribution in [0.3, 0.4) is 0 Å². The molecular formula is C17H23N5O. The molecule has 2 N–H and O–H groups in total. The minimum absolute atomic E-state index is 0.249. The predicted octanol–water partition coefficient (Wildman–Crippen LogP) is 2.79. The van der Waals surface area contributed by atoms with E-state index < -0.39 is 0 Å². The highest BCUT2D eigenvalue weighted by molar-refractivity contribution is 5.90. The van der Waals surface area contributed by atoms with Crippen molar-refractivity contribution in [2.45, 2.75) is 27.3 Å². The number of rotatable bonds is 4. The number of anilines is 2. The molecule has 1 aromatic heterocycles. The van der Waals surface area contributed by atoms with Gasteiger partial charge >= 0.3 is 6.03 Å². The van der Waals surface area contributed by atoms with Crippen molar-refractivity contribution in [1.29, 1.82) is 0 Å². The molecule has 0 atom stereocenters. The van der Waals surface area contributed by atoms with Crippen LogP contribution >= 0.6 is 0 Å². The molecule has 6 nitrogen and oxygen atoms in total. The molecule has 0 bridgehead atoms. The van der Waals surface area contributed by atoms with Crippen LogP contribution in [-0.2, 0) is 6.54 Å². The lowest BCUT2D eigenvalue weighted by molar-refractivity contribution is 0.251. The van der Waals surface area contributed by atoms with Gasteiger partial charge in [0.15, 0.2) is 0 Å². The molecule has 0 unspecified atom stereocenters. The van der Waals surface area contributed by atoms with Crippen LogP contribution in [0.1, 0.15) is 22.5 Å². The van der Waals surface area contributed by atoms with Crippen LogP contribution in [0.5, 0.6) is 0 Å². The van der Waals surface area contributed by atoms with Gasteiger partial charge in [0.25, 0.3) is 0 Å².